The molecule has 2 N–H and O–H groups in total. The minimum Gasteiger partial charge on any atom is -0.354 e. The molecule has 0 saturated heterocycles. The van der Waals surface area contributed by atoms with Crippen molar-refractivity contribution in [2.24, 2.45) is 7.05 Å². The molecule has 8 nitrogen and oxygen atoms in total. The third-order valence-electron chi connectivity index (χ3n) is 3.49. The zero-order chi connectivity index (χ0) is 16.8. The monoisotopic (exact) mass is 353 g/mol. The number of nitrogens with one attached hydrogen (secondary N) is 2. The van der Waals surface area contributed by atoms with Crippen LogP contribution in [0.2, 0.25) is 0 Å². The van der Waals surface area contributed by atoms with E-state index in [1.54, 1.807) is 49.4 Å². The van der Waals surface area contributed by atoms with Crippen LogP contribution in [-0.2, 0) is 18.3 Å². The minimum absolute atomic E-state index is 0. The molecule has 0 bridgehead atoms. The van der Waals surface area contributed by atoms with Crippen LogP contribution in [-0.4, -0.2) is 34.2 Å². The van der Waals surface area contributed by atoms with E-state index in [-0.39, 0.29) is 24.0 Å². The molecule has 2 aromatic rings. The number of amides is 1. The van der Waals surface area contributed by atoms with E-state index in [4.69, 9.17) is 0 Å². The maximum absolute atomic E-state index is 12.2. The van der Waals surface area contributed by atoms with E-state index in [1.165, 1.54) is 6.07 Å². The van der Waals surface area contributed by atoms with Crippen molar-refractivity contribution in [3.8, 4) is 0 Å². The predicted molar refractivity (Wildman–Crippen MR) is 92.1 cm³/mol. The van der Waals surface area contributed by atoms with E-state index in [1.807, 2.05) is 0 Å². The lowest BCUT2D eigenvalue weighted by Gasteiger charge is -2.14. The van der Waals surface area contributed by atoms with E-state index in [2.05, 4.69) is 15.7 Å². The molecule has 1 heterocycles. The minimum atomic E-state index is -0.505. The van der Waals surface area contributed by atoms with Gasteiger partial charge in [-0.05, 0) is 13.5 Å². The number of carbonyl (C=O) groups excluding carboxylic acids is 1. The molecule has 1 aromatic heterocycles. The lowest BCUT2D eigenvalue weighted by atomic mass is 10.1. The first kappa shape index (κ1) is 19.6. The summed E-state index contributed by atoms with van der Waals surface area (Å²) in [5.41, 5.74) is 1.43. The number of hydrogen-bond donors (Lipinski definition) is 2. The van der Waals surface area contributed by atoms with Crippen LogP contribution in [0.25, 0.3) is 0 Å². The molecule has 0 saturated carbocycles. The van der Waals surface area contributed by atoms with Gasteiger partial charge in [-0.15, -0.1) is 12.4 Å². The standard InChI is InChI=1S/C15H19N5O3.ClH/c1-16-14(12-9-18-19(2)10-12)15(21)17-8-7-11-5-3-4-6-13(11)20(22)23;/h3-6,9-10,14,16H,7-8H2,1-2H3,(H,17,21);1H. The Morgan fingerprint density at radius 1 is 1.42 bits per heavy atom. The van der Waals surface area contributed by atoms with Crippen molar-refractivity contribution in [3.05, 3.63) is 57.9 Å². The highest BCUT2D eigenvalue weighted by Crippen LogP contribution is 2.18. The van der Waals surface area contributed by atoms with Gasteiger partial charge in [0.05, 0.1) is 11.1 Å². The number of aromatic nitrogens is 2. The summed E-state index contributed by atoms with van der Waals surface area (Å²) in [4.78, 5) is 22.8. The molecule has 1 unspecified atom stereocenters. The van der Waals surface area contributed by atoms with Crippen LogP contribution < -0.4 is 10.6 Å². The van der Waals surface area contributed by atoms with Gasteiger partial charge in [-0.3, -0.25) is 19.6 Å². The van der Waals surface area contributed by atoms with Gasteiger partial charge in [0.15, 0.2) is 0 Å². The highest BCUT2D eigenvalue weighted by Gasteiger charge is 2.20. The second kappa shape index (κ2) is 8.99. The Bertz CT molecular complexity index is 704. The van der Waals surface area contributed by atoms with Gasteiger partial charge in [-0.25, -0.2) is 0 Å². The maximum atomic E-state index is 12.2. The van der Waals surface area contributed by atoms with Crippen LogP contribution in [0.1, 0.15) is 17.2 Å². The topological polar surface area (TPSA) is 102 Å². The number of carbonyl (C=O) groups is 1. The van der Waals surface area contributed by atoms with Gasteiger partial charge in [-0.1, -0.05) is 18.2 Å². The highest BCUT2D eigenvalue weighted by molar-refractivity contribution is 5.85. The molecule has 0 aliphatic heterocycles. The largest absolute Gasteiger partial charge is 0.354 e. The predicted octanol–water partition coefficient (Wildman–Crippen LogP) is 1.37. The summed E-state index contributed by atoms with van der Waals surface area (Å²) >= 11 is 0. The molecule has 130 valence electrons. The van der Waals surface area contributed by atoms with E-state index in [0.29, 0.717) is 18.5 Å². The number of likely N-dealkylation sites (N-methyl/N-ethyl adjacent to an activating group) is 1. The lowest BCUT2D eigenvalue weighted by molar-refractivity contribution is -0.385. The second-order valence-electron chi connectivity index (χ2n) is 5.10. The average molecular weight is 354 g/mol. The molecule has 0 radical (unpaired) electrons. The second-order valence-corrected chi connectivity index (χ2v) is 5.10. The molecular weight excluding hydrogens is 334 g/mol. The smallest absolute Gasteiger partial charge is 0.272 e. The van der Waals surface area contributed by atoms with Gasteiger partial charge in [0, 0.05) is 37.0 Å². The van der Waals surface area contributed by atoms with Gasteiger partial charge in [0.2, 0.25) is 5.91 Å². The fourth-order valence-electron chi connectivity index (χ4n) is 2.36. The fraction of sp³-hybridized carbons (Fsp3) is 0.333. The zero-order valence-corrected chi connectivity index (χ0v) is 14.2. The van der Waals surface area contributed by atoms with Crippen LogP contribution in [0, 0.1) is 10.1 Å². The number of hydrogen-bond acceptors (Lipinski definition) is 5. The fourth-order valence-corrected chi connectivity index (χ4v) is 2.36. The first-order valence-electron chi connectivity index (χ1n) is 7.18. The normalized spacial score (nSPS) is 11.4. The van der Waals surface area contributed by atoms with Gasteiger partial charge < -0.3 is 10.6 Å². The molecule has 9 heteroatoms. The van der Waals surface area contributed by atoms with Crippen LogP contribution in [0.4, 0.5) is 5.69 Å². The molecule has 24 heavy (non-hydrogen) atoms. The van der Waals surface area contributed by atoms with E-state index < -0.39 is 11.0 Å². The molecule has 1 atom stereocenters. The maximum Gasteiger partial charge on any atom is 0.272 e. The van der Waals surface area contributed by atoms with Crippen LogP contribution >= 0.6 is 12.4 Å². The molecule has 1 aromatic carbocycles. The molecular formula is C15H20ClN5O3. The van der Waals surface area contributed by atoms with Crippen molar-refractivity contribution in [1.29, 1.82) is 0 Å². The van der Waals surface area contributed by atoms with Crippen LogP contribution in [0.5, 0.6) is 0 Å². The third-order valence-corrected chi connectivity index (χ3v) is 3.49. The highest BCUT2D eigenvalue weighted by atomic mass is 35.5. The van der Waals surface area contributed by atoms with Crippen LogP contribution in [0.3, 0.4) is 0 Å². The number of aryl methyl sites for hydroxylation is 1. The molecule has 2 rings (SSSR count). The Kier molecular flexibility index (Phi) is 7.34. The summed E-state index contributed by atoms with van der Waals surface area (Å²) in [6, 6.07) is 6.02. The third kappa shape index (κ3) is 4.77. The van der Waals surface area contributed by atoms with Crippen molar-refractivity contribution in [3.63, 3.8) is 0 Å². The van der Waals surface area contributed by atoms with Crippen molar-refractivity contribution in [2.75, 3.05) is 13.6 Å². The Balaban J connectivity index is 0.00000288. The van der Waals surface area contributed by atoms with Crippen molar-refractivity contribution in [1.82, 2.24) is 20.4 Å². The number of nitrogens with zero attached hydrogens (tertiary/aromatic N) is 3. The molecule has 0 fully saturated rings. The van der Waals surface area contributed by atoms with Gasteiger partial charge in [-0.2, -0.15) is 5.10 Å². The van der Waals surface area contributed by atoms with E-state index in [0.717, 1.165) is 5.56 Å². The summed E-state index contributed by atoms with van der Waals surface area (Å²) < 4.78 is 1.63. The number of nitro benzene ring substituents is 1. The Morgan fingerprint density at radius 3 is 2.71 bits per heavy atom. The quantitative estimate of drug-likeness (QED) is 0.578. The van der Waals surface area contributed by atoms with Crippen molar-refractivity contribution >= 4 is 24.0 Å². The van der Waals surface area contributed by atoms with E-state index >= 15 is 0 Å². The Hall–Kier alpha value is -2.45. The number of rotatable bonds is 7. The van der Waals surface area contributed by atoms with Crippen LogP contribution in [0.15, 0.2) is 36.7 Å². The Labute approximate surface area is 145 Å². The lowest BCUT2D eigenvalue weighted by Crippen LogP contribution is -2.36. The number of halogens is 1. The first-order chi connectivity index (χ1) is 11.0. The molecule has 0 spiro atoms. The number of para-hydroxylation sites is 1. The Morgan fingerprint density at radius 2 is 2.12 bits per heavy atom. The molecule has 0 aliphatic carbocycles. The summed E-state index contributed by atoms with van der Waals surface area (Å²) in [7, 11) is 3.47. The van der Waals surface area contributed by atoms with Gasteiger partial charge in [0.25, 0.3) is 5.69 Å². The molecule has 1 amide bonds. The summed E-state index contributed by atoms with van der Waals surface area (Å²) in [6.45, 7) is 0.322. The average Bonchev–Trinajstić information content (AvgIpc) is 2.94. The zero-order valence-electron chi connectivity index (χ0n) is 13.4. The SMILES string of the molecule is CNC(C(=O)NCCc1ccccc1[N+](=O)[O-])c1cnn(C)c1.Cl. The number of benzene rings is 1. The summed E-state index contributed by atoms with van der Waals surface area (Å²) in [5, 5.41) is 20.7. The van der Waals surface area contributed by atoms with Crippen molar-refractivity contribution < 1.29 is 9.72 Å². The van der Waals surface area contributed by atoms with Crippen molar-refractivity contribution in [2.45, 2.75) is 12.5 Å². The molecule has 0 aliphatic rings. The van der Waals surface area contributed by atoms with Gasteiger partial charge >= 0.3 is 0 Å². The number of nitro groups is 1. The van der Waals surface area contributed by atoms with Gasteiger partial charge in [0.1, 0.15) is 6.04 Å². The summed E-state index contributed by atoms with van der Waals surface area (Å²) in [5.74, 6) is -0.195. The summed E-state index contributed by atoms with van der Waals surface area (Å²) in [6.07, 6.45) is 3.79. The van der Waals surface area contributed by atoms with E-state index in [9.17, 15) is 14.9 Å². The first-order valence-corrected chi connectivity index (χ1v) is 7.18.